The van der Waals surface area contributed by atoms with Crippen LogP contribution in [0.4, 0.5) is 5.69 Å². The van der Waals surface area contributed by atoms with Gasteiger partial charge in [-0.15, -0.1) is 0 Å². The molecule has 0 spiro atoms. The van der Waals surface area contributed by atoms with Crippen molar-refractivity contribution in [1.82, 2.24) is 0 Å². The number of rotatable bonds is 2. The van der Waals surface area contributed by atoms with E-state index in [0.29, 0.717) is 17.1 Å². The summed E-state index contributed by atoms with van der Waals surface area (Å²) in [5.41, 5.74) is 1.35. The third kappa shape index (κ3) is 3.09. The van der Waals surface area contributed by atoms with Gasteiger partial charge in [-0.3, -0.25) is 4.79 Å². The Kier molecular flexibility index (Phi) is 3.87. The highest BCUT2D eigenvalue weighted by Gasteiger charge is 2.29. The van der Waals surface area contributed by atoms with Gasteiger partial charge in [0.05, 0.1) is 22.2 Å². The molecule has 6 heteroatoms. The van der Waals surface area contributed by atoms with Crippen molar-refractivity contribution < 1.29 is 13.2 Å². The zero-order chi connectivity index (χ0) is 14.2. The summed E-state index contributed by atoms with van der Waals surface area (Å²) >= 11 is 6.20. The lowest BCUT2D eigenvalue weighted by atomic mass is 10.1. The van der Waals surface area contributed by atoms with Crippen molar-refractivity contribution in [2.75, 3.05) is 23.0 Å². The fourth-order valence-corrected chi connectivity index (χ4v) is 4.16. The summed E-state index contributed by atoms with van der Waals surface area (Å²) in [4.78, 5) is 13.3. The van der Waals surface area contributed by atoms with Gasteiger partial charge in [0.1, 0.15) is 0 Å². The van der Waals surface area contributed by atoms with Crippen LogP contribution in [0.5, 0.6) is 0 Å². The summed E-state index contributed by atoms with van der Waals surface area (Å²) in [6.07, 6.45) is 0. The molecule has 1 aliphatic heterocycles. The standard InChI is InChI=1S/C13H16ClNO3S/c1-9-8-19(17,18)6-5-15(9)13-4-3-11(10(2)16)7-12(13)14/h3-4,7,9H,5-6,8H2,1-2H3. The predicted molar refractivity (Wildman–Crippen MR) is 76.9 cm³/mol. The van der Waals surface area contributed by atoms with Crippen LogP contribution in [-0.2, 0) is 9.84 Å². The summed E-state index contributed by atoms with van der Waals surface area (Å²) in [5.74, 6) is 0.239. The summed E-state index contributed by atoms with van der Waals surface area (Å²) in [5, 5.41) is 0.485. The van der Waals surface area contributed by atoms with Gasteiger partial charge in [0.25, 0.3) is 0 Å². The number of benzene rings is 1. The van der Waals surface area contributed by atoms with Gasteiger partial charge < -0.3 is 4.90 Å². The second-order valence-electron chi connectivity index (χ2n) is 4.88. The largest absolute Gasteiger partial charge is 0.366 e. The van der Waals surface area contributed by atoms with E-state index in [-0.39, 0.29) is 23.3 Å². The average molecular weight is 302 g/mol. The highest BCUT2D eigenvalue weighted by Crippen LogP contribution is 2.30. The molecule has 104 valence electrons. The van der Waals surface area contributed by atoms with Crippen molar-refractivity contribution >= 4 is 32.9 Å². The fraction of sp³-hybridized carbons (Fsp3) is 0.462. The van der Waals surface area contributed by atoms with Crippen LogP contribution in [0.15, 0.2) is 18.2 Å². The summed E-state index contributed by atoms with van der Waals surface area (Å²) in [6.45, 7) is 3.79. The lowest BCUT2D eigenvalue weighted by molar-refractivity contribution is 0.101. The molecule has 19 heavy (non-hydrogen) atoms. The van der Waals surface area contributed by atoms with Gasteiger partial charge in [-0.1, -0.05) is 11.6 Å². The number of hydrogen-bond acceptors (Lipinski definition) is 4. The molecule has 0 radical (unpaired) electrons. The highest BCUT2D eigenvalue weighted by molar-refractivity contribution is 7.91. The fourth-order valence-electron chi connectivity index (χ4n) is 2.32. The van der Waals surface area contributed by atoms with Crippen molar-refractivity contribution in [2.45, 2.75) is 19.9 Å². The van der Waals surface area contributed by atoms with E-state index in [0.717, 1.165) is 5.69 Å². The first-order valence-corrected chi connectivity index (χ1v) is 8.27. The number of carbonyl (C=O) groups is 1. The van der Waals surface area contributed by atoms with Gasteiger partial charge in [-0.2, -0.15) is 0 Å². The predicted octanol–water partition coefficient (Wildman–Crippen LogP) is 2.17. The molecule has 1 atom stereocenters. The highest BCUT2D eigenvalue weighted by atomic mass is 35.5. The SMILES string of the molecule is CC(=O)c1ccc(N2CCS(=O)(=O)CC2C)c(Cl)c1. The molecule has 1 aromatic rings. The second-order valence-corrected chi connectivity index (χ2v) is 7.52. The smallest absolute Gasteiger partial charge is 0.159 e. The summed E-state index contributed by atoms with van der Waals surface area (Å²) in [6, 6.07) is 5.03. The maximum Gasteiger partial charge on any atom is 0.159 e. The van der Waals surface area contributed by atoms with E-state index in [1.54, 1.807) is 18.2 Å². The van der Waals surface area contributed by atoms with E-state index in [9.17, 15) is 13.2 Å². The molecule has 1 aromatic carbocycles. The van der Waals surface area contributed by atoms with Crippen molar-refractivity contribution in [3.63, 3.8) is 0 Å². The van der Waals surface area contributed by atoms with Gasteiger partial charge in [0.15, 0.2) is 15.6 Å². The third-order valence-electron chi connectivity index (χ3n) is 3.33. The van der Waals surface area contributed by atoms with Gasteiger partial charge in [0, 0.05) is 18.2 Å². The van der Waals surface area contributed by atoms with Crippen LogP contribution in [0.2, 0.25) is 5.02 Å². The molecule has 1 saturated heterocycles. The average Bonchev–Trinajstić information content (AvgIpc) is 2.29. The monoisotopic (exact) mass is 301 g/mol. The third-order valence-corrected chi connectivity index (χ3v) is 5.43. The van der Waals surface area contributed by atoms with Crippen molar-refractivity contribution in [3.8, 4) is 0 Å². The van der Waals surface area contributed by atoms with Crippen molar-refractivity contribution in [3.05, 3.63) is 28.8 Å². The number of ketones is 1. The number of Topliss-reactive ketones (excluding diaryl/α,β-unsaturated/α-hetero) is 1. The minimum Gasteiger partial charge on any atom is -0.366 e. The van der Waals surface area contributed by atoms with E-state index in [2.05, 4.69) is 0 Å². The van der Waals surface area contributed by atoms with E-state index < -0.39 is 9.84 Å². The number of nitrogens with zero attached hydrogens (tertiary/aromatic N) is 1. The Morgan fingerprint density at radius 1 is 1.42 bits per heavy atom. The lowest BCUT2D eigenvalue weighted by Gasteiger charge is -2.35. The first-order valence-electron chi connectivity index (χ1n) is 6.08. The summed E-state index contributed by atoms with van der Waals surface area (Å²) in [7, 11) is -2.95. The number of sulfone groups is 1. The Labute approximate surface area is 118 Å². The zero-order valence-corrected chi connectivity index (χ0v) is 12.5. The van der Waals surface area contributed by atoms with Crippen LogP contribution in [0.25, 0.3) is 0 Å². The maximum absolute atomic E-state index is 11.6. The molecular weight excluding hydrogens is 286 g/mol. The van der Waals surface area contributed by atoms with Crippen LogP contribution in [0.1, 0.15) is 24.2 Å². The molecule has 1 heterocycles. The molecular formula is C13H16ClNO3S. The minimum absolute atomic E-state index is 0.0391. The normalized spacial score (nSPS) is 22.3. The molecule has 4 nitrogen and oxygen atoms in total. The van der Waals surface area contributed by atoms with Gasteiger partial charge >= 0.3 is 0 Å². The van der Waals surface area contributed by atoms with Crippen LogP contribution in [0, 0.1) is 0 Å². The van der Waals surface area contributed by atoms with E-state index in [1.807, 2.05) is 11.8 Å². The molecule has 0 bridgehead atoms. The van der Waals surface area contributed by atoms with Crippen LogP contribution in [-0.4, -0.2) is 38.3 Å². The Bertz CT molecular complexity index is 612. The first kappa shape index (κ1) is 14.3. The van der Waals surface area contributed by atoms with Crippen LogP contribution in [0.3, 0.4) is 0 Å². The molecule has 0 N–H and O–H groups in total. The van der Waals surface area contributed by atoms with E-state index in [4.69, 9.17) is 11.6 Å². The van der Waals surface area contributed by atoms with Crippen molar-refractivity contribution in [2.24, 2.45) is 0 Å². The minimum atomic E-state index is -2.95. The van der Waals surface area contributed by atoms with Crippen LogP contribution >= 0.6 is 11.6 Å². The number of hydrogen-bond donors (Lipinski definition) is 0. The topological polar surface area (TPSA) is 54.5 Å². The molecule has 2 rings (SSSR count). The van der Waals surface area contributed by atoms with Crippen LogP contribution < -0.4 is 4.90 Å². The molecule has 1 unspecified atom stereocenters. The van der Waals surface area contributed by atoms with Crippen molar-refractivity contribution in [1.29, 1.82) is 0 Å². The van der Waals surface area contributed by atoms with E-state index in [1.165, 1.54) is 6.92 Å². The number of carbonyl (C=O) groups excluding carboxylic acids is 1. The quantitative estimate of drug-likeness (QED) is 0.786. The van der Waals surface area contributed by atoms with Gasteiger partial charge in [0.2, 0.25) is 0 Å². The molecule has 1 fully saturated rings. The van der Waals surface area contributed by atoms with Gasteiger partial charge in [-0.05, 0) is 32.0 Å². The Morgan fingerprint density at radius 3 is 2.63 bits per heavy atom. The molecule has 0 aliphatic carbocycles. The van der Waals surface area contributed by atoms with Gasteiger partial charge in [-0.25, -0.2) is 8.42 Å². The number of anilines is 1. The molecule has 0 aromatic heterocycles. The Balaban J connectivity index is 2.30. The van der Waals surface area contributed by atoms with E-state index >= 15 is 0 Å². The lowest BCUT2D eigenvalue weighted by Crippen LogP contribution is -2.47. The first-order chi connectivity index (χ1) is 8.80. The Morgan fingerprint density at radius 2 is 2.11 bits per heavy atom. The second kappa shape index (κ2) is 5.13. The molecule has 1 aliphatic rings. The Hall–Kier alpha value is -1.07. The zero-order valence-electron chi connectivity index (χ0n) is 10.9. The summed E-state index contributed by atoms with van der Waals surface area (Å²) < 4.78 is 23.1. The molecule has 0 amide bonds. The number of halogens is 1. The molecule has 0 saturated carbocycles. The maximum atomic E-state index is 11.6.